The van der Waals surface area contributed by atoms with Crippen LogP contribution < -0.4 is 5.32 Å². The molecule has 3 aromatic rings. The summed E-state index contributed by atoms with van der Waals surface area (Å²) in [5, 5.41) is 3.19. The zero-order chi connectivity index (χ0) is 15.9. The minimum Gasteiger partial charge on any atom is -0.298 e. The van der Waals surface area contributed by atoms with Crippen molar-refractivity contribution >= 4 is 55.8 Å². The van der Waals surface area contributed by atoms with Crippen molar-refractivity contribution in [1.82, 2.24) is 4.98 Å². The molecule has 0 bridgehead atoms. The largest absolute Gasteiger partial charge is 0.298 e. The van der Waals surface area contributed by atoms with Crippen LogP contribution in [0.5, 0.6) is 0 Å². The fourth-order valence-electron chi connectivity index (χ4n) is 1.81. The highest BCUT2D eigenvalue weighted by Gasteiger charge is 2.16. The zero-order valence-corrected chi connectivity index (χ0v) is 13.0. The van der Waals surface area contributed by atoms with Crippen LogP contribution in [0, 0.1) is 11.6 Å². The smallest absolute Gasteiger partial charge is 0.259 e. The highest BCUT2D eigenvalue weighted by atomic mass is 35.5. The molecule has 0 fully saturated rings. The van der Waals surface area contributed by atoms with Gasteiger partial charge in [0.1, 0.15) is 0 Å². The van der Waals surface area contributed by atoms with Crippen LogP contribution >= 0.6 is 34.5 Å². The normalized spacial score (nSPS) is 10.9. The van der Waals surface area contributed by atoms with Crippen molar-refractivity contribution in [2.75, 3.05) is 5.32 Å². The molecule has 0 spiro atoms. The number of carbonyl (C=O) groups is 1. The number of carbonyl (C=O) groups excluding carboxylic acids is 1. The van der Waals surface area contributed by atoms with Crippen molar-refractivity contribution in [1.29, 1.82) is 0 Å². The number of aromatic nitrogens is 1. The molecule has 8 heteroatoms. The van der Waals surface area contributed by atoms with Gasteiger partial charge in [0.2, 0.25) is 0 Å². The molecule has 1 aromatic heterocycles. The first-order valence-corrected chi connectivity index (χ1v) is 7.53. The van der Waals surface area contributed by atoms with Gasteiger partial charge < -0.3 is 0 Å². The Morgan fingerprint density at radius 1 is 1.14 bits per heavy atom. The van der Waals surface area contributed by atoms with Gasteiger partial charge in [-0.2, -0.15) is 0 Å². The average molecular weight is 359 g/mol. The second-order valence-electron chi connectivity index (χ2n) is 4.33. The lowest BCUT2D eigenvalue weighted by molar-refractivity contribution is 0.102. The molecule has 1 heterocycles. The summed E-state index contributed by atoms with van der Waals surface area (Å²) in [5.74, 6) is -2.93. The van der Waals surface area contributed by atoms with Crippen molar-refractivity contribution in [3.8, 4) is 0 Å². The van der Waals surface area contributed by atoms with Crippen molar-refractivity contribution in [2.45, 2.75) is 0 Å². The fourth-order valence-corrected chi connectivity index (χ4v) is 3.19. The number of fused-ring (bicyclic) bond motifs is 1. The third kappa shape index (κ3) is 2.90. The molecule has 3 rings (SSSR count). The van der Waals surface area contributed by atoms with Crippen LogP contribution in [0.15, 0.2) is 30.3 Å². The van der Waals surface area contributed by atoms with Gasteiger partial charge in [0.05, 0.1) is 20.8 Å². The monoisotopic (exact) mass is 358 g/mol. The summed E-state index contributed by atoms with van der Waals surface area (Å²) in [6, 6.07) is 6.62. The number of rotatable bonds is 2. The predicted molar refractivity (Wildman–Crippen MR) is 84.0 cm³/mol. The Hall–Kier alpha value is -1.76. The van der Waals surface area contributed by atoms with Crippen molar-refractivity contribution in [3.63, 3.8) is 0 Å². The molecule has 1 amide bonds. The summed E-state index contributed by atoms with van der Waals surface area (Å²) in [5.41, 5.74) is 0.499. The van der Waals surface area contributed by atoms with E-state index in [4.69, 9.17) is 23.2 Å². The minimum atomic E-state index is -1.15. The zero-order valence-electron chi connectivity index (χ0n) is 10.7. The number of nitrogens with zero attached hydrogens (tertiary/aromatic N) is 1. The number of halogens is 4. The molecule has 1 N–H and O–H groups in total. The predicted octanol–water partition coefficient (Wildman–Crippen LogP) is 5.13. The number of anilines is 1. The molecule has 0 saturated carbocycles. The highest BCUT2D eigenvalue weighted by Crippen LogP contribution is 2.29. The lowest BCUT2D eigenvalue weighted by atomic mass is 10.2. The maximum absolute atomic E-state index is 13.2. The average Bonchev–Trinajstić information content (AvgIpc) is 2.83. The molecule has 0 atom stereocenters. The van der Waals surface area contributed by atoms with Crippen LogP contribution in [0.2, 0.25) is 10.0 Å². The van der Waals surface area contributed by atoms with Gasteiger partial charge in [-0.25, -0.2) is 13.8 Å². The van der Waals surface area contributed by atoms with Crippen LogP contribution in [0.1, 0.15) is 10.4 Å². The number of benzene rings is 2. The first kappa shape index (κ1) is 15.1. The van der Waals surface area contributed by atoms with Crippen LogP contribution in [-0.2, 0) is 0 Å². The summed E-state index contributed by atoms with van der Waals surface area (Å²) >= 11 is 12.8. The maximum atomic E-state index is 13.2. The third-order valence-electron chi connectivity index (χ3n) is 2.83. The first-order valence-electron chi connectivity index (χ1n) is 5.96. The second-order valence-corrected chi connectivity index (χ2v) is 6.21. The van der Waals surface area contributed by atoms with Crippen LogP contribution in [0.3, 0.4) is 0 Å². The van der Waals surface area contributed by atoms with E-state index in [1.807, 2.05) is 0 Å². The molecule has 0 aliphatic heterocycles. The van der Waals surface area contributed by atoms with Gasteiger partial charge in [0.15, 0.2) is 16.8 Å². The van der Waals surface area contributed by atoms with E-state index in [1.165, 1.54) is 11.3 Å². The number of hydrogen-bond donors (Lipinski definition) is 1. The van der Waals surface area contributed by atoms with Gasteiger partial charge in [-0.15, -0.1) is 0 Å². The standard InChI is InChI=1S/C14H6Cl2F2N2OS/c15-6-1-2-11-12(3-6)22-14(19-11)20-13(21)7-4-9(17)10(18)5-8(7)16/h1-5H,(H,19,20,21). The van der Waals surface area contributed by atoms with Gasteiger partial charge in [0.25, 0.3) is 5.91 Å². The molecule has 0 radical (unpaired) electrons. The number of thiazole rings is 1. The Kier molecular flexibility index (Phi) is 3.99. The van der Waals surface area contributed by atoms with E-state index >= 15 is 0 Å². The van der Waals surface area contributed by atoms with Gasteiger partial charge in [-0.1, -0.05) is 34.5 Å². The van der Waals surface area contributed by atoms with E-state index in [1.54, 1.807) is 18.2 Å². The quantitative estimate of drug-likeness (QED) is 0.645. The van der Waals surface area contributed by atoms with E-state index in [-0.39, 0.29) is 10.6 Å². The maximum Gasteiger partial charge on any atom is 0.259 e. The van der Waals surface area contributed by atoms with Gasteiger partial charge in [-0.3, -0.25) is 10.1 Å². The van der Waals surface area contributed by atoms with E-state index in [0.717, 1.165) is 16.8 Å². The van der Waals surface area contributed by atoms with Crippen molar-refractivity contribution in [2.24, 2.45) is 0 Å². The summed E-state index contributed by atoms with van der Waals surface area (Å²) in [6.07, 6.45) is 0. The lowest BCUT2D eigenvalue weighted by Crippen LogP contribution is -2.13. The van der Waals surface area contributed by atoms with E-state index in [9.17, 15) is 13.6 Å². The minimum absolute atomic E-state index is 0.169. The number of amides is 1. The third-order valence-corrected chi connectivity index (χ3v) is 4.31. The topological polar surface area (TPSA) is 42.0 Å². The van der Waals surface area contributed by atoms with Crippen molar-refractivity contribution < 1.29 is 13.6 Å². The molecule has 3 nitrogen and oxygen atoms in total. The molecule has 2 aromatic carbocycles. The summed E-state index contributed by atoms with van der Waals surface area (Å²) in [7, 11) is 0. The van der Waals surface area contributed by atoms with E-state index < -0.39 is 17.5 Å². The Bertz CT molecular complexity index is 898. The lowest BCUT2D eigenvalue weighted by Gasteiger charge is -2.04. The van der Waals surface area contributed by atoms with Gasteiger partial charge in [-0.05, 0) is 30.3 Å². The molecule has 0 unspecified atom stereocenters. The van der Waals surface area contributed by atoms with E-state index in [0.29, 0.717) is 15.7 Å². The van der Waals surface area contributed by atoms with E-state index in [2.05, 4.69) is 10.3 Å². The highest BCUT2D eigenvalue weighted by molar-refractivity contribution is 7.22. The SMILES string of the molecule is O=C(Nc1nc2ccc(Cl)cc2s1)c1cc(F)c(F)cc1Cl. The Morgan fingerprint density at radius 2 is 1.86 bits per heavy atom. The molecule has 0 aliphatic carbocycles. The number of hydrogen-bond acceptors (Lipinski definition) is 3. The molecule has 112 valence electrons. The molecular formula is C14H6Cl2F2N2OS. The molecule has 22 heavy (non-hydrogen) atoms. The fraction of sp³-hybridized carbons (Fsp3) is 0. The van der Waals surface area contributed by atoms with Crippen LogP contribution in [0.4, 0.5) is 13.9 Å². The summed E-state index contributed by atoms with van der Waals surface area (Å²) < 4.78 is 27.0. The van der Waals surface area contributed by atoms with Crippen LogP contribution in [0.25, 0.3) is 10.2 Å². The molecule has 0 saturated heterocycles. The summed E-state index contributed by atoms with van der Waals surface area (Å²) in [6.45, 7) is 0. The summed E-state index contributed by atoms with van der Waals surface area (Å²) in [4.78, 5) is 16.3. The van der Waals surface area contributed by atoms with Crippen molar-refractivity contribution in [3.05, 3.63) is 57.6 Å². The van der Waals surface area contributed by atoms with Gasteiger partial charge in [0, 0.05) is 5.02 Å². The Labute approximate surface area is 137 Å². The second kappa shape index (κ2) is 5.79. The Balaban J connectivity index is 1.91. The first-order chi connectivity index (χ1) is 10.4. The molecule has 0 aliphatic rings. The number of nitrogens with one attached hydrogen (secondary N) is 1. The Morgan fingerprint density at radius 3 is 2.64 bits per heavy atom. The molecular weight excluding hydrogens is 353 g/mol. The van der Waals surface area contributed by atoms with Gasteiger partial charge >= 0.3 is 0 Å². The van der Waals surface area contributed by atoms with Crippen LogP contribution in [-0.4, -0.2) is 10.9 Å².